The van der Waals surface area contributed by atoms with Gasteiger partial charge < -0.3 is 9.32 Å². The van der Waals surface area contributed by atoms with Crippen LogP contribution in [-0.4, -0.2) is 0 Å². The molecule has 1 heterocycles. The molecule has 2 heteroatoms. The highest BCUT2D eigenvalue weighted by atomic mass is 16.3. The molecule has 0 N–H and O–H groups in total. The van der Waals surface area contributed by atoms with E-state index in [9.17, 15) is 0 Å². The van der Waals surface area contributed by atoms with Crippen LogP contribution in [0.3, 0.4) is 0 Å². The monoisotopic (exact) mass is 665 g/mol. The second-order valence-electron chi connectivity index (χ2n) is 13.0. The molecule has 1 aromatic heterocycles. The molecular formula is C50H35NO. The van der Waals surface area contributed by atoms with Crippen LogP contribution in [0.2, 0.25) is 0 Å². The Hall–Kier alpha value is -6.90. The molecule has 52 heavy (non-hydrogen) atoms. The summed E-state index contributed by atoms with van der Waals surface area (Å²) in [5.74, 6) is 0.888. The number of hydrogen-bond donors (Lipinski definition) is 0. The summed E-state index contributed by atoms with van der Waals surface area (Å²) in [7, 11) is 0. The van der Waals surface area contributed by atoms with E-state index in [2.05, 4.69) is 199 Å². The van der Waals surface area contributed by atoms with E-state index in [0.29, 0.717) is 0 Å². The number of furan rings is 1. The molecule has 0 spiro atoms. The zero-order valence-electron chi connectivity index (χ0n) is 28.6. The predicted molar refractivity (Wildman–Crippen MR) is 218 cm³/mol. The van der Waals surface area contributed by atoms with Crippen molar-refractivity contribution in [1.82, 2.24) is 0 Å². The van der Waals surface area contributed by atoms with E-state index in [1.807, 2.05) is 18.2 Å². The smallest absolute Gasteiger partial charge is 0.135 e. The summed E-state index contributed by atoms with van der Waals surface area (Å²) in [5.41, 5.74) is 14.8. The molecule has 0 aliphatic rings. The minimum Gasteiger partial charge on any atom is -0.456 e. The van der Waals surface area contributed by atoms with Crippen molar-refractivity contribution in [2.45, 2.75) is 0 Å². The molecule has 9 rings (SSSR count). The van der Waals surface area contributed by atoms with Crippen LogP contribution in [0.1, 0.15) is 0 Å². The fourth-order valence-corrected chi connectivity index (χ4v) is 6.92. The average Bonchev–Trinajstić information content (AvgIpc) is 3.67. The van der Waals surface area contributed by atoms with Crippen LogP contribution in [0.25, 0.3) is 66.8 Å². The molecule has 0 bridgehead atoms. The second-order valence-corrected chi connectivity index (χ2v) is 13.0. The van der Waals surface area contributed by atoms with Crippen LogP contribution in [0.5, 0.6) is 0 Å². The summed E-state index contributed by atoms with van der Waals surface area (Å²) in [4.78, 5) is 2.32. The van der Waals surface area contributed by atoms with E-state index in [4.69, 9.17) is 4.42 Å². The number of para-hydroxylation sites is 1. The predicted octanol–water partition coefficient (Wildman–Crippen LogP) is 14.2. The van der Waals surface area contributed by atoms with Gasteiger partial charge >= 0.3 is 0 Å². The van der Waals surface area contributed by atoms with Crippen molar-refractivity contribution in [3.8, 4) is 55.8 Å². The van der Waals surface area contributed by atoms with Crippen molar-refractivity contribution in [3.05, 3.63) is 212 Å². The summed E-state index contributed by atoms with van der Waals surface area (Å²) < 4.78 is 6.08. The van der Waals surface area contributed by atoms with E-state index in [0.717, 1.165) is 39.4 Å². The summed E-state index contributed by atoms with van der Waals surface area (Å²) in [6.07, 6.45) is 0. The maximum absolute atomic E-state index is 6.08. The largest absolute Gasteiger partial charge is 0.456 e. The first-order chi connectivity index (χ1) is 25.7. The molecule has 2 nitrogen and oxygen atoms in total. The number of nitrogens with zero attached hydrogens (tertiary/aromatic N) is 1. The maximum atomic E-state index is 6.08. The lowest BCUT2D eigenvalue weighted by Crippen LogP contribution is -2.09. The van der Waals surface area contributed by atoms with Crippen LogP contribution in [0, 0.1) is 0 Å². The molecule has 9 aromatic rings. The minimum atomic E-state index is 0.888. The normalized spacial score (nSPS) is 11.1. The van der Waals surface area contributed by atoms with Gasteiger partial charge in [-0.1, -0.05) is 164 Å². The Morgan fingerprint density at radius 1 is 0.269 bits per heavy atom. The van der Waals surface area contributed by atoms with Crippen LogP contribution >= 0.6 is 0 Å². The molecule has 0 unspecified atom stereocenters. The lowest BCUT2D eigenvalue weighted by atomic mass is 9.99. The number of fused-ring (bicyclic) bond motifs is 1. The van der Waals surface area contributed by atoms with E-state index < -0.39 is 0 Å². The fraction of sp³-hybridized carbons (Fsp3) is 0. The molecule has 0 aliphatic heterocycles. The summed E-state index contributed by atoms with van der Waals surface area (Å²) in [5, 5.41) is 1.12. The van der Waals surface area contributed by atoms with Crippen molar-refractivity contribution in [2.24, 2.45) is 0 Å². The number of hydrogen-bond acceptors (Lipinski definition) is 2. The Labute approximate surface area is 304 Å². The molecule has 0 saturated carbocycles. The molecule has 0 amide bonds. The molecule has 8 aromatic carbocycles. The number of rotatable bonds is 8. The van der Waals surface area contributed by atoms with Gasteiger partial charge in [0.05, 0.1) is 0 Å². The van der Waals surface area contributed by atoms with E-state index in [-0.39, 0.29) is 0 Å². The third kappa shape index (κ3) is 6.30. The Morgan fingerprint density at radius 3 is 0.962 bits per heavy atom. The van der Waals surface area contributed by atoms with Crippen molar-refractivity contribution in [1.29, 1.82) is 0 Å². The summed E-state index contributed by atoms with van der Waals surface area (Å²) in [6.45, 7) is 0. The summed E-state index contributed by atoms with van der Waals surface area (Å²) >= 11 is 0. The van der Waals surface area contributed by atoms with Crippen molar-refractivity contribution >= 4 is 28.0 Å². The minimum absolute atomic E-state index is 0.888. The van der Waals surface area contributed by atoms with Crippen LogP contribution < -0.4 is 4.90 Å². The molecule has 0 atom stereocenters. The third-order valence-corrected chi connectivity index (χ3v) is 9.74. The average molecular weight is 666 g/mol. The Kier molecular flexibility index (Phi) is 8.24. The van der Waals surface area contributed by atoms with E-state index >= 15 is 0 Å². The van der Waals surface area contributed by atoms with E-state index in [1.54, 1.807) is 0 Å². The van der Waals surface area contributed by atoms with Crippen molar-refractivity contribution in [2.75, 3.05) is 4.90 Å². The molecule has 0 aliphatic carbocycles. The van der Waals surface area contributed by atoms with Gasteiger partial charge in [-0.3, -0.25) is 0 Å². The molecule has 0 radical (unpaired) electrons. The van der Waals surface area contributed by atoms with Gasteiger partial charge in [-0.05, 0) is 93.0 Å². The van der Waals surface area contributed by atoms with Gasteiger partial charge in [0.15, 0.2) is 0 Å². The van der Waals surface area contributed by atoms with Gasteiger partial charge in [-0.15, -0.1) is 0 Å². The van der Waals surface area contributed by atoms with Gasteiger partial charge in [0.1, 0.15) is 11.3 Å². The first-order valence-corrected chi connectivity index (χ1v) is 17.7. The SMILES string of the molecule is c1ccc(-c2ccc(N(c3ccc(-c4ccccc4)cc3)c3ccc(-c4ccc(-c5ccc(-c6cc7ccccc7o6)cc5)cc4)cc3)cc2)cc1. The topological polar surface area (TPSA) is 16.4 Å². The second kappa shape index (κ2) is 13.8. The molecule has 246 valence electrons. The fourth-order valence-electron chi connectivity index (χ4n) is 6.92. The van der Waals surface area contributed by atoms with Gasteiger partial charge in [-0.25, -0.2) is 0 Å². The van der Waals surface area contributed by atoms with Gasteiger partial charge in [0.25, 0.3) is 0 Å². The highest BCUT2D eigenvalue weighted by Crippen LogP contribution is 2.38. The lowest BCUT2D eigenvalue weighted by Gasteiger charge is -2.26. The Bertz CT molecular complexity index is 2430. The lowest BCUT2D eigenvalue weighted by molar-refractivity contribution is 0.631. The van der Waals surface area contributed by atoms with E-state index in [1.165, 1.54) is 44.5 Å². The Balaban J connectivity index is 0.979. The van der Waals surface area contributed by atoms with Crippen LogP contribution in [0.4, 0.5) is 17.1 Å². The molecular weight excluding hydrogens is 631 g/mol. The van der Waals surface area contributed by atoms with Crippen LogP contribution in [0.15, 0.2) is 217 Å². The van der Waals surface area contributed by atoms with Gasteiger partial charge in [-0.2, -0.15) is 0 Å². The van der Waals surface area contributed by atoms with Crippen molar-refractivity contribution in [3.63, 3.8) is 0 Å². The quantitative estimate of drug-likeness (QED) is 0.161. The first kappa shape index (κ1) is 31.1. The third-order valence-electron chi connectivity index (χ3n) is 9.74. The molecule has 0 saturated heterocycles. The zero-order chi connectivity index (χ0) is 34.7. The Morgan fingerprint density at radius 2 is 0.577 bits per heavy atom. The van der Waals surface area contributed by atoms with Gasteiger partial charge in [0, 0.05) is 28.0 Å². The van der Waals surface area contributed by atoms with Gasteiger partial charge in [0.2, 0.25) is 0 Å². The first-order valence-electron chi connectivity index (χ1n) is 17.7. The standard InChI is InChI=1S/C50H35NO/c1-3-9-36(10-4-1)41-23-29-46(30-24-41)51(47-31-25-42(26-32-47)37-11-5-2-6-12-37)48-33-27-43(28-34-48)39-17-15-38(16-18-39)40-19-21-44(22-20-40)50-35-45-13-7-8-14-49(45)52-50/h1-35H. The number of anilines is 3. The highest BCUT2D eigenvalue weighted by molar-refractivity contribution is 5.84. The highest BCUT2D eigenvalue weighted by Gasteiger charge is 2.14. The summed E-state index contributed by atoms with van der Waals surface area (Å²) in [6, 6.07) is 75.3. The zero-order valence-corrected chi connectivity index (χ0v) is 28.6. The maximum Gasteiger partial charge on any atom is 0.135 e. The van der Waals surface area contributed by atoms with Crippen molar-refractivity contribution < 1.29 is 4.42 Å². The number of benzene rings is 8. The molecule has 0 fully saturated rings. The van der Waals surface area contributed by atoms with Crippen LogP contribution in [-0.2, 0) is 0 Å².